The minimum atomic E-state index is -3.65. The third kappa shape index (κ3) is 3.46. The van der Waals surface area contributed by atoms with Crippen LogP contribution in [-0.2, 0) is 10.0 Å². The fourth-order valence-electron chi connectivity index (χ4n) is 1.91. The Labute approximate surface area is 115 Å². The predicted octanol–water partition coefficient (Wildman–Crippen LogP) is 1.49. The van der Waals surface area contributed by atoms with Gasteiger partial charge in [-0.3, -0.25) is 0 Å². The van der Waals surface area contributed by atoms with Crippen molar-refractivity contribution in [1.82, 2.24) is 4.72 Å². The average Bonchev–Trinajstić information content (AvgIpc) is 2.45. The highest BCUT2D eigenvalue weighted by atomic mass is 32.2. The molecule has 0 unspecified atom stereocenters. The van der Waals surface area contributed by atoms with Crippen molar-refractivity contribution >= 4 is 10.0 Å². The fourth-order valence-corrected chi connectivity index (χ4v) is 3.63. The number of sulfonamides is 1. The first-order valence-corrected chi connectivity index (χ1v) is 7.80. The molecule has 0 atom stereocenters. The zero-order valence-electron chi connectivity index (χ0n) is 11.6. The van der Waals surface area contributed by atoms with Gasteiger partial charge in [-0.25, -0.2) is 13.1 Å². The number of hydrogen-bond acceptors (Lipinski definition) is 4. The predicted molar refractivity (Wildman–Crippen MR) is 75.7 cm³/mol. The summed E-state index contributed by atoms with van der Waals surface area (Å²) in [5, 5.41) is 0. The Bertz CT molecular complexity index is 502. The molecule has 0 bridgehead atoms. The first kappa shape index (κ1) is 15.9. The maximum absolute atomic E-state index is 12.5. The molecule has 5 nitrogen and oxygen atoms in total. The summed E-state index contributed by atoms with van der Waals surface area (Å²) >= 11 is 0. The van der Waals surface area contributed by atoms with Crippen LogP contribution in [0.4, 0.5) is 0 Å². The Hall–Kier alpha value is -1.11. The maximum Gasteiger partial charge on any atom is 0.244 e. The summed E-state index contributed by atoms with van der Waals surface area (Å²) in [6, 6.07) is 6.54. The summed E-state index contributed by atoms with van der Waals surface area (Å²) < 4.78 is 32.7. The number of methoxy groups -OCH3 is 1. The van der Waals surface area contributed by atoms with E-state index >= 15 is 0 Å². The SMILES string of the molecule is CCC(CC)(CN)NS(=O)(=O)c1ccccc1OC. The topological polar surface area (TPSA) is 81.4 Å². The molecule has 0 spiro atoms. The Morgan fingerprint density at radius 2 is 1.84 bits per heavy atom. The van der Waals surface area contributed by atoms with E-state index in [1.165, 1.54) is 13.2 Å². The molecule has 1 aromatic carbocycles. The quantitative estimate of drug-likeness (QED) is 0.795. The molecule has 0 fully saturated rings. The highest BCUT2D eigenvalue weighted by molar-refractivity contribution is 7.89. The van der Waals surface area contributed by atoms with Crippen LogP contribution in [0.3, 0.4) is 0 Å². The second-order valence-electron chi connectivity index (χ2n) is 4.45. The van der Waals surface area contributed by atoms with E-state index in [0.717, 1.165) is 0 Å². The van der Waals surface area contributed by atoms with E-state index in [1.54, 1.807) is 18.2 Å². The lowest BCUT2D eigenvalue weighted by atomic mass is 9.95. The minimum Gasteiger partial charge on any atom is -0.495 e. The molecule has 1 aromatic rings. The zero-order valence-corrected chi connectivity index (χ0v) is 12.5. The molecule has 19 heavy (non-hydrogen) atoms. The lowest BCUT2D eigenvalue weighted by Gasteiger charge is -2.31. The van der Waals surface area contributed by atoms with Gasteiger partial charge in [0.1, 0.15) is 10.6 Å². The van der Waals surface area contributed by atoms with E-state index in [0.29, 0.717) is 18.6 Å². The lowest BCUT2D eigenvalue weighted by molar-refractivity contribution is 0.360. The molecule has 0 aliphatic rings. The second kappa shape index (κ2) is 6.36. The van der Waals surface area contributed by atoms with Crippen LogP contribution in [0.2, 0.25) is 0 Å². The summed E-state index contributed by atoms with van der Waals surface area (Å²) in [6.07, 6.45) is 1.27. The van der Waals surface area contributed by atoms with Gasteiger partial charge in [0, 0.05) is 12.1 Å². The van der Waals surface area contributed by atoms with Crippen LogP contribution in [0.25, 0.3) is 0 Å². The molecule has 0 saturated heterocycles. The molecule has 108 valence electrons. The van der Waals surface area contributed by atoms with Crippen LogP contribution >= 0.6 is 0 Å². The summed E-state index contributed by atoms with van der Waals surface area (Å²) in [5.74, 6) is 0.327. The van der Waals surface area contributed by atoms with E-state index in [2.05, 4.69) is 4.72 Å². The third-order valence-electron chi connectivity index (χ3n) is 3.45. The molecular weight excluding hydrogens is 264 g/mol. The highest BCUT2D eigenvalue weighted by Crippen LogP contribution is 2.25. The van der Waals surface area contributed by atoms with Gasteiger partial charge in [0.15, 0.2) is 0 Å². The summed E-state index contributed by atoms with van der Waals surface area (Å²) in [4.78, 5) is 0.136. The number of ether oxygens (including phenoxy) is 1. The van der Waals surface area contributed by atoms with Crippen LogP contribution in [-0.4, -0.2) is 27.6 Å². The number of hydrogen-bond donors (Lipinski definition) is 2. The average molecular weight is 286 g/mol. The van der Waals surface area contributed by atoms with Gasteiger partial charge in [-0.1, -0.05) is 26.0 Å². The van der Waals surface area contributed by atoms with Crippen molar-refractivity contribution in [3.63, 3.8) is 0 Å². The van der Waals surface area contributed by atoms with E-state index in [4.69, 9.17) is 10.5 Å². The van der Waals surface area contributed by atoms with Crippen molar-refractivity contribution in [2.45, 2.75) is 37.1 Å². The number of benzene rings is 1. The van der Waals surface area contributed by atoms with E-state index in [9.17, 15) is 8.42 Å². The van der Waals surface area contributed by atoms with Crippen LogP contribution in [0.1, 0.15) is 26.7 Å². The molecule has 0 saturated carbocycles. The standard InChI is InChI=1S/C13H22N2O3S/c1-4-13(5-2,10-14)15-19(16,17)12-9-7-6-8-11(12)18-3/h6-9,15H,4-5,10,14H2,1-3H3. The first-order valence-electron chi connectivity index (χ1n) is 6.31. The van der Waals surface area contributed by atoms with Crippen LogP contribution < -0.4 is 15.2 Å². The van der Waals surface area contributed by atoms with Gasteiger partial charge >= 0.3 is 0 Å². The van der Waals surface area contributed by atoms with Gasteiger partial charge in [0.05, 0.1) is 7.11 Å². The number of nitrogens with one attached hydrogen (secondary N) is 1. The van der Waals surface area contributed by atoms with Gasteiger partial charge in [-0.15, -0.1) is 0 Å². The highest BCUT2D eigenvalue weighted by Gasteiger charge is 2.32. The van der Waals surface area contributed by atoms with E-state index in [-0.39, 0.29) is 11.4 Å². The van der Waals surface area contributed by atoms with E-state index in [1.807, 2.05) is 13.8 Å². The Morgan fingerprint density at radius 3 is 2.32 bits per heavy atom. The molecule has 3 N–H and O–H groups in total. The van der Waals surface area contributed by atoms with Crippen molar-refractivity contribution in [1.29, 1.82) is 0 Å². The smallest absolute Gasteiger partial charge is 0.244 e. The Balaban J connectivity index is 3.18. The van der Waals surface area contributed by atoms with Crippen molar-refractivity contribution in [3.05, 3.63) is 24.3 Å². The van der Waals surface area contributed by atoms with Crippen molar-refractivity contribution in [3.8, 4) is 5.75 Å². The van der Waals surface area contributed by atoms with Crippen molar-refractivity contribution < 1.29 is 13.2 Å². The number of para-hydroxylation sites is 1. The minimum absolute atomic E-state index is 0.136. The number of nitrogens with two attached hydrogens (primary N) is 1. The van der Waals surface area contributed by atoms with Crippen LogP contribution in [0.15, 0.2) is 29.2 Å². The first-order chi connectivity index (χ1) is 8.94. The van der Waals surface area contributed by atoms with Crippen molar-refractivity contribution in [2.75, 3.05) is 13.7 Å². The van der Waals surface area contributed by atoms with Crippen LogP contribution in [0.5, 0.6) is 5.75 Å². The van der Waals surface area contributed by atoms with Gasteiger partial charge in [-0.05, 0) is 25.0 Å². The molecule has 0 amide bonds. The molecule has 0 aromatic heterocycles. The van der Waals surface area contributed by atoms with Gasteiger partial charge < -0.3 is 10.5 Å². The second-order valence-corrected chi connectivity index (χ2v) is 6.10. The van der Waals surface area contributed by atoms with Gasteiger partial charge in [-0.2, -0.15) is 0 Å². The van der Waals surface area contributed by atoms with E-state index < -0.39 is 15.6 Å². The third-order valence-corrected chi connectivity index (χ3v) is 5.07. The molecule has 0 aliphatic heterocycles. The van der Waals surface area contributed by atoms with Gasteiger partial charge in [0.25, 0.3) is 0 Å². The van der Waals surface area contributed by atoms with Gasteiger partial charge in [0.2, 0.25) is 10.0 Å². The molecule has 6 heteroatoms. The summed E-state index contributed by atoms with van der Waals surface area (Å²) in [5.41, 5.74) is 5.11. The summed E-state index contributed by atoms with van der Waals surface area (Å²) in [7, 11) is -2.20. The Kier molecular flexibility index (Phi) is 5.34. The lowest BCUT2D eigenvalue weighted by Crippen LogP contribution is -2.52. The monoisotopic (exact) mass is 286 g/mol. The molecular formula is C13H22N2O3S. The molecule has 0 radical (unpaired) electrons. The maximum atomic E-state index is 12.5. The number of rotatable bonds is 7. The zero-order chi connectivity index (χ0) is 14.5. The Morgan fingerprint density at radius 1 is 1.26 bits per heavy atom. The summed E-state index contributed by atoms with van der Waals surface area (Å²) in [6.45, 7) is 4.09. The van der Waals surface area contributed by atoms with Crippen LogP contribution in [0, 0.1) is 0 Å². The fraction of sp³-hybridized carbons (Fsp3) is 0.538. The largest absolute Gasteiger partial charge is 0.495 e. The normalized spacial score (nSPS) is 12.4. The van der Waals surface area contributed by atoms with Crippen molar-refractivity contribution in [2.24, 2.45) is 5.73 Å². The molecule has 0 aliphatic carbocycles. The molecule has 1 rings (SSSR count). The molecule has 0 heterocycles.